The predicted molar refractivity (Wildman–Crippen MR) is 51.7 cm³/mol. The van der Waals surface area contributed by atoms with Gasteiger partial charge in [-0.2, -0.15) is 0 Å². The Kier molecular flexibility index (Phi) is 3.73. The van der Waals surface area contributed by atoms with E-state index in [1.165, 1.54) is 0 Å². The molecule has 1 aromatic rings. The van der Waals surface area contributed by atoms with E-state index in [4.69, 9.17) is 15.6 Å². The fraction of sp³-hybridized carbons (Fsp3) is 0.400. The highest BCUT2D eigenvalue weighted by Crippen LogP contribution is 2.23. The minimum atomic E-state index is 0.00157. The molecule has 0 amide bonds. The molecule has 13 heavy (non-hydrogen) atoms. The zero-order valence-electron chi connectivity index (χ0n) is 7.79. The second kappa shape index (κ2) is 4.84. The Hall–Kier alpha value is -1.06. The number of aliphatic hydroxyl groups is 1. The lowest BCUT2D eigenvalue weighted by Gasteiger charge is -2.10. The summed E-state index contributed by atoms with van der Waals surface area (Å²) in [5, 5.41) is 9.03. The van der Waals surface area contributed by atoms with Crippen LogP contribution < -0.4 is 10.5 Å². The van der Waals surface area contributed by atoms with Crippen LogP contribution in [-0.4, -0.2) is 18.8 Å². The number of methoxy groups -OCH3 is 1. The zero-order valence-corrected chi connectivity index (χ0v) is 7.79. The smallest absolute Gasteiger partial charge is 0.127 e. The molecule has 0 saturated heterocycles. The van der Waals surface area contributed by atoms with Crippen LogP contribution in [0.15, 0.2) is 18.2 Å². The summed E-state index contributed by atoms with van der Waals surface area (Å²) >= 11 is 0. The fourth-order valence-corrected chi connectivity index (χ4v) is 1.38. The molecule has 0 fully saturated rings. The van der Waals surface area contributed by atoms with Crippen LogP contribution >= 0.6 is 0 Å². The molecule has 0 unspecified atom stereocenters. The number of para-hydroxylation sites is 1. The Balaban J connectivity index is 3.03. The van der Waals surface area contributed by atoms with Crippen LogP contribution in [0, 0.1) is 0 Å². The Morgan fingerprint density at radius 1 is 1.38 bits per heavy atom. The second-order valence-electron chi connectivity index (χ2n) is 2.81. The lowest BCUT2D eigenvalue weighted by molar-refractivity contribution is 0.273. The summed E-state index contributed by atoms with van der Waals surface area (Å²) in [6, 6.07) is 5.71. The first-order chi connectivity index (χ1) is 6.33. The van der Waals surface area contributed by atoms with E-state index < -0.39 is 0 Å². The van der Waals surface area contributed by atoms with Crippen LogP contribution in [-0.2, 0) is 13.0 Å². The molecule has 0 aliphatic rings. The van der Waals surface area contributed by atoms with Crippen LogP contribution in [0.25, 0.3) is 0 Å². The minimum absolute atomic E-state index is 0.00157. The zero-order chi connectivity index (χ0) is 9.68. The summed E-state index contributed by atoms with van der Waals surface area (Å²) in [7, 11) is 1.61. The molecule has 1 aromatic carbocycles. The molecule has 0 spiro atoms. The van der Waals surface area contributed by atoms with Gasteiger partial charge >= 0.3 is 0 Å². The number of ether oxygens (including phenoxy) is 1. The molecule has 0 radical (unpaired) electrons. The molecule has 0 saturated carbocycles. The normalized spacial score (nSPS) is 10.1. The van der Waals surface area contributed by atoms with Crippen molar-refractivity contribution in [3.8, 4) is 5.75 Å². The first-order valence-corrected chi connectivity index (χ1v) is 4.29. The Bertz CT molecular complexity index is 274. The van der Waals surface area contributed by atoms with Crippen LogP contribution in [0.1, 0.15) is 11.1 Å². The first-order valence-electron chi connectivity index (χ1n) is 4.29. The van der Waals surface area contributed by atoms with Crippen molar-refractivity contribution in [2.45, 2.75) is 13.0 Å². The Morgan fingerprint density at radius 3 is 2.62 bits per heavy atom. The van der Waals surface area contributed by atoms with Gasteiger partial charge in [-0.25, -0.2) is 0 Å². The van der Waals surface area contributed by atoms with Crippen molar-refractivity contribution in [3.63, 3.8) is 0 Å². The van der Waals surface area contributed by atoms with Gasteiger partial charge in [0.05, 0.1) is 13.7 Å². The third-order valence-corrected chi connectivity index (χ3v) is 1.97. The van der Waals surface area contributed by atoms with Gasteiger partial charge in [-0.1, -0.05) is 18.2 Å². The molecule has 0 atom stereocenters. The first kappa shape index (κ1) is 10.0. The highest BCUT2D eigenvalue weighted by molar-refractivity contribution is 5.41. The number of rotatable bonds is 4. The number of aliphatic hydroxyl groups excluding tert-OH is 1. The summed E-state index contributed by atoms with van der Waals surface area (Å²) in [5.74, 6) is 0.760. The van der Waals surface area contributed by atoms with Crippen molar-refractivity contribution in [1.82, 2.24) is 0 Å². The maximum absolute atomic E-state index is 9.03. The summed E-state index contributed by atoms with van der Waals surface area (Å²) < 4.78 is 5.20. The van der Waals surface area contributed by atoms with Gasteiger partial charge < -0.3 is 15.6 Å². The SMILES string of the molecule is COc1c(CO)cccc1CCN. The Morgan fingerprint density at radius 2 is 2.08 bits per heavy atom. The van der Waals surface area contributed by atoms with Crippen LogP contribution in [0.3, 0.4) is 0 Å². The minimum Gasteiger partial charge on any atom is -0.496 e. The molecular weight excluding hydrogens is 166 g/mol. The van der Waals surface area contributed by atoms with Crippen molar-refractivity contribution in [3.05, 3.63) is 29.3 Å². The highest BCUT2D eigenvalue weighted by Gasteiger charge is 2.06. The molecule has 1 rings (SSSR count). The standard InChI is InChI=1S/C10H15NO2/c1-13-10-8(5-6-11)3-2-4-9(10)7-12/h2-4,12H,5-7,11H2,1H3. The van der Waals surface area contributed by atoms with Gasteiger partial charge in [0.25, 0.3) is 0 Å². The monoisotopic (exact) mass is 181 g/mol. The maximum Gasteiger partial charge on any atom is 0.127 e. The molecule has 3 heteroatoms. The number of nitrogens with two attached hydrogens (primary N) is 1. The third-order valence-electron chi connectivity index (χ3n) is 1.97. The van der Waals surface area contributed by atoms with Gasteiger partial charge in [0.15, 0.2) is 0 Å². The molecule has 3 N–H and O–H groups in total. The summed E-state index contributed by atoms with van der Waals surface area (Å²) in [6.45, 7) is 0.590. The molecule has 72 valence electrons. The van der Waals surface area contributed by atoms with Crippen molar-refractivity contribution in [2.75, 3.05) is 13.7 Å². The molecule has 0 heterocycles. The van der Waals surface area contributed by atoms with Gasteiger partial charge in [-0.15, -0.1) is 0 Å². The third kappa shape index (κ3) is 2.20. The Labute approximate surface area is 78.1 Å². The van der Waals surface area contributed by atoms with Crippen molar-refractivity contribution < 1.29 is 9.84 Å². The van der Waals surface area contributed by atoms with Gasteiger partial charge in [-0.3, -0.25) is 0 Å². The van der Waals surface area contributed by atoms with E-state index in [1.807, 2.05) is 18.2 Å². The van der Waals surface area contributed by atoms with Crippen LogP contribution in [0.4, 0.5) is 0 Å². The van der Waals surface area contributed by atoms with Crippen molar-refractivity contribution in [1.29, 1.82) is 0 Å². The van der Waals surface area contributed by atoms with Gasteiger partial charge in [0, 0.05) is 5.56 Å². The number of hydrogen-bond donors (Lipinski definition) is 2. The maximum atomic E-state index is 9.03. The highest BCUT2D eigenvalue weighted by atomic mass is 16.5. The lowest BCUT2D eigenvalue weighted by atomic mass is 10.1. The van der Waals surface area contributed by atoms with E-state index >= 15 is 0 Å². The quantitative estimate of drug-likeness (QED) is 0.718. The average molecular weight is 181 g/mol. The number of hydrogen-bond acceptors (Lipinski definition) is 3. The molecule has 0 aliphatic carbocycles. The molecule has 3 nitrogen and oxygen atoms in total. The number of benzene rings is 1. The van der Waals surface area contributed by atoms with E-state index in [0.717, 1.165) is 23.3 Å². The second-order valence-corrected chi connectivity index (χ2v) is 2.81. The summed E-state index contributed by atoms with van der Waals surface area (Å²) in [5.41, 5.74) is 7.32. The molecule has 0 aliphatic heterocycles. The van der Waals surface area contributed by atoms with Crippen molar-refractivity contribution in [2.24, 2.45) is 5.73 Å². The van der Waals surface area contributed by atoms with E-state index in [9.17, 15) is 0 Å². The molecular formula is C10H15NO2. The van der Waals surface area contributed by atoms with Gasteiger partial charge in [-0.05, 0) is 18.5 Å². The van der Waals surface area contributed by atoms with Gasteiger partial charge in [0.2, 0.25) is 0 Å². The van der Waals surface area contributed by atoms with E-state index in [1.54, 1.807) is 7.11 Å². The summed E-state index contributed by atoms with van der Waals surface area (Å²) in [6.07, 6.45) is 0.775. The summed E-state index contributed by atoms with van der Waals surface area (Å²) in [4.78, 5) is 0. The van der Waals surface area contributed by atoms with Crippen LogP contribution in [0.2, 0.25) is 0 Å². The van der Waals surface area contributed by atoms with Crippen LogP contribution in [0.5, 0.6) is 5.75 Å². The fourth-order valence-electron chi connectivity index (χ4n) is 1.38. The topological polar surface area (TPSA) is 55.5 Å². The van der Waals surface area contributed by atoms with E-state index in [2.05, 4.69) is 0 Å². The van der Waals surface area contributed by atoms with Crippen molar-refractivity contribution >= 4 is 0 Å². The largest absolute Gasteiger partial charge is 0.496 e. The molecule has 0 aromatic heterocycles. The van der Waals surface area contributed by atoms with E-state index in [0.29, 0.717) is 6.54 Å². The average Bonchev–Trinajstić information content (AvgIpc) is 2.18. The predicted octanol–water partition coefficient (Wildman–Crippen LogP) is 0.689. The van der Waals surface area contributed by atoms with Gasteiger partial charge in [0.1, 0.15) is 5.75 Å². The lowest BCUT2D eigenvalue weighted by Crippen LogP contribution is -2.05. The van der Waals surface area contributed by atoms with E-state index in [-0.39, 0.29) is 6.61 Å². The molecule has 0 bridgehead atoms.